The van der Waals surface area contributed by atoms with Gasteiger partial charge in [0.1, 0.15) is 0 Å². The van der Waals surface area contributed by atoms with Gasteiger partial charge in [0.05, 0.1) is 24.4 Å². The van der Waals surface area contributed by atoms with Gasteiger partial charge < -0.3 is 26.3 Å². The molecule has 7 heteroatoms. The molecule has 0 saturated heterocycles. The van der Waals surface area contributed by atoms with Crippen LogP contribution in [0.2, 0.25) is 0 Å². The first-order valence-corrected chi connectivity index (χ1v) is 7.60. The molecule has 1 amide bonds. The normalized spacial score (nSPS) is 15.5. The lowest BCUT2D eigenvalue weighted by Crippen LogP contribution is -2.51. The number of Topliss-reactive ketones (excluding diaryl/α,β-unsaturated/α-hetero) is 1. The van der Waals surface area contributed by atoms with E-state index in [-0.39, 0.29) is 36.6 Å². The molecule has 0 rings (SSSR count). The average molecular weight is 315 g/mol. The van der Waals surface area contributed by atoms with Crippen LogP contribution in [-0.2, 0) is 14.3 Å². The summed E-state index contributed by atoms with van der Waals surface area (Å²) in [4.78, 5) is 23.3. The van der Waals surface area contributed by atoms with Crippen molar-refractivity contribution < 1.29 is 19.4 Å². The molecule has 128 valence electrons. The van der Waals surface area contributed by atoms with Gasteiger partial charge in [-0.3, -0.25) is 9.59 Å². The quantitative estimate of drug-likeness (QED) is 0.328. The second-order valence-electron chi connectivity index (χ2n) is 6.08. The predicted octanol–water partition coefficient (Wildman–Crippen LogP) is 0.587. The Labute approximate surface area is 132 Å². The molecule has 3 unspecified atom stereocenters. The fourth-order valence-corrected chi connectivity index (χ4v) is 1.93. The largest absolute Gasteiger partial charge is 0.366 e. The van der Waals surface area contributed by atoms with Gasteiger partial charge in [0, 0.05) is 6.42 Å². The number of aliphatic hydroxyl groups is 1. The van der Waals surface area contributed by atoms with E-state index in [9.17, 15) is 14.7 Å². The van der Waals surface area contributed by atoms with Gasteiger partial charge >= 0.3 is 0 Å². The van der Waals surface area contributed by atoms with Crippen molar-refractivity contribution in [1.29, 1.82) is 5.41 Å². The van der Waals surface area contributed by atoms with Crippen molar-refractivity contribution in [1.82, 2.24) is 5.32 Å². The monoisotopic (exact) mass is 315 g/mol. The second-order valence-corrected chi connectivity index (χ2v) is 6.08. The predicted molar refractivity (Wildman–Crippen MR) is 84.6 cm³/mol. The smallest absolute Gasteiger partial charge is 0.237 e. The van der Waals surface area contributed by atoms with Gasteiger partial charge in [0.15, 0.2) is 12.1 Å². The van der Waals surface area contributed by atoms with Crippen molar-refractivity contribution in [2.45, 2.75) is 71.4 Å². The molecule has 0 radical (unpaired) electrons. The number of rotatable bonds is 11. The number of hydrogen-bond acceptors (Lipinski definition) is 6. The van der Waals surface area contributed by atoms with Crippen molar-refractivity contribution in [2.24, 2.45) is 11.7 Å². The van der Waals surface area contributed by atoms with Crippen LogP contribution in [0.1, 0.15) is 47.0 Å². The molecule has 0 aliphatic rings. The zero-order valence-electron chi connectivity index (χ0n) is 13.8. The van der Waals surface area contributed by atoms with Crippen LogP contribution in [0.5, 0.6) is 0 Å². The van der Waals surface area contributed by atoms with E-state index in [0.717, 1.165) is 6.21 Å². The first kappa shape index (κ1) is 20.7. The van der Waals surface area contributed by atoms with Gasteiger partial charge in [-0.1, -0.05) is 13.8 Å². The molecule has 0 bridgehead atoms. The van der Waals surface area contributed by atoms with Crippen LogP contribution >= 0.6 is 0 Å². The maximum atomic E-state index is 12.1. The highest BCUT2D eigenvalue weighted by molar-refractivity contribution is 6.26. The minimum absolute atomic E-state index is 0.0480. The lowest BCUT2D eigenvalue weighted by atomic mass is 10.0. The molecule has 3 atom stereocenters. The first-order valence-electron chi connectivity index (χ1n) is 7.60. The molecular weight excluding hydrogens is 286 g/mol. The molecule has 0 aromatic rings. The SMILES string of the molecule is CC(C)CC(N)C(=O)NC(CCC(=O)C=N)C(O)OC(C)C. The van der Waals surface area contributed by atoms with Gasteiger partial charge in [-0.05, 0) is 32.6 Å². The second kappa shape index (κ2) is 10.4. The van der Waals surface area contributed by atoms with E-state index in [1.165, 1.54) is 0 Å². The Kier molecular flexibility index (Phi) is 9.80. The Morgan fingerprint density at radius 3 is 2.36 bits per heavy atom. The van der Waals surface area contributed by atoms with Crippen molar-refractivity contribution in [3.8, 4) is 0 Å². The van der Waals surface area contributed by atoms with Gasteiger partial charge in [-0.25, -0.2) is 0 Å². The third-order valence-electron chi connectivity index (χ3n) is 3.01. The molecular formula is C15H29N3O4. The van der Waals surface area contributed by atoms with E-state index in [1.54, 1.807) is 13.8 Å². The van der Waals surface area contributed by atoms with E-state index in [0.29, 0.717) is 6.42 Å². The number of amides is 1. The number of nitrogens with two attached hydrogens (primary N) is 1. The Balaban J connectivity index is 4.72. The van der Waals surface area contributed by atoms with Gasteiger partial charge in [-0.15, -0.1) is 0 Å². The van der Waals surface area contributed by atoms with Crippen LogP contribution in [0, 0.1) is 11.3 Å². The van der Waals surface area contributed by atoms with Crippen LogP contribution in [0.4, 0.5) is 0 Å². The summed E-state index contributed by atoms with van der Waals surface area (Å²) < 4.78 is 5.27. The van der Waals surface area contributed by atoms with Crippen LogP contribution in [-0.4, -0.2) is 47.5 Å². The molecule has 22 heavy (non-hydrogen) atoms. The summed E-state index contributed by atoms with van der Waals surface area (Å²) >= 11 is 0. The molecule has 0 fully saturated rings. The lowest BCUT2D eigenvalue weighted by Gasteiger charge is -2.27. The molecule has 0 saturated carbocycles. The number of carbonyl (C=O) groups is 2. The summed E-state index contributed by atoms with van der Waals surface area (Å²) in [6.07, 6.45) is 0.0261. The summed E-state index contributed by atoms with van der Waals surface area (Å²) in [5.41, 5.74) is 5.81. The molecule has 5 N–H and O–H groups in total. The summed E-state index contributed by atoms with van der Waals surface area (Å²) in [7, 11) is 0. The van der Waals surface area contributed by atoms with Crippen LogP contribution in [0.3, 0.4) is 0 Å². The van der Waals surface area contributed by atoms with Crippen molar-refractivity contribution in [3.63, 3.8) is 0 Å². The molecule has 0 aromatic heterocycles. The molecule has 0 aliphatic carbocycles. The Morgan fingerprint density at radius 1 is 1.32 bits per heavy atom. The molecule has 7 nitrogen and oxygen atoms in total. The van der Waals surface area contributed by atoms with Crippen LogP contribution < -0.4 is 11.1 Å². The minimum atomic E-state index is -1.23. The number of carbonyl (C=O) groups excluding carboxylic acids is 2. The summed E-state index contributed by atoms with van der Waals surface area (Å²) in [5, 5.41) is 19.6. The maximum absolute atomic E-state index is 12.1. The van der Waals surface area contributed by atoms with Gasteiger partial charge in [0.25, 0.3) is 0 Å². The van der Waals surface area contributed by atoms with E-state index >= 15 is 0 Å². The van der Waals surface area contributed by atoms with Gasteiger partial charge in [0.2, 0.25) is 5.91 Å². The highest BCUT2D eigenvalue weighted by atomic mass is 16.6. The standard InChI is InChI=1S/C15H29N3O4/c1-9(2)7-12(17)14(20)18-13(6-5-11(19)8-16)15(21)22-10(3)4/h8-10,12-13,15-16,21H,5-7,17H2,1-4H3,(H,18,20). The molecule has 0 aromatic carbocycles. The Hall–Kier alpha value is -1.31. The number of hydrogen-bond donors (Lipinski definition) is 4. The van der Waals surface area contributed by atoms with Crippen molar-refractivity contribution in [2.75, 3.05) is 0 Å². The number of ketones is 1. The van der Waals surface area contributed by atoms with E-state index < -0.39 is 18.4 Å². The average Bonchev–Trinajstić information content (AvgIpc) is 2.40. The van der Waals surface area contributed by atoms with E-state index in [1.807, 2.05) is 13.8 Å². The van der Waals surface area contributed by atoms with Crippen LogP contribution in [0.15, 0.2) is 0 Å². The van der Waals surface area contributed by atoms with Crippen molar-refractivity contribution >= 4 is 17.9 Å². The number of ether oxygens (including phenoxy) is 1. The molecule has 0 heterocycles. The zero-order valence-corrected chi connectivity index (χ0v) is 13.8. The zero-order chi connectivity index (χ0) is 17.3. The molecule has 0 spiro atoms. The molecule has 0 aliphatic heterocycles. The Bertz CT molecular complexity index is 372. The number of aliphatic hydroxyl groups excluding tert-OH is 1. The fraction of sp³-hybridized carbons (Fsp3) is 0.800. The van der Waals surface area contributed by atoms with E-state index in [2.05, 4.69) is 5.32 Å². The van der Waals surface area contributed by atoms with E-state index in [4.69, 9.17) is 15.9 Å². The highest BCUT2D eigenvalue weighted by Crippen LogP contribution is 2.09. The fourth-order valence-electron chi connectivity index (χ4n) is 1.93. The summed E-state index contributed by atoms with van der Waals surface area (Å²) in [5.74, 6) is -0.481. The van der Waals surface area contributed by atoms with Crippen LogP contribution in [0.25, 0.3) is 0 Å². The third-order valence-corrected chi connectivity index (χ3v) is 3.01. The summed E-state index contributed by atoms with van der Waals surface area (Å²) in [6.45, 7) is 7.44. The van der Waals surface area contributed by atoms with Crippen molar-refractivity contribution in [3.05, 3.63) is 0 Å². The third kappa shape index (κ3) is 8.86. The highest BCUT2D eigenvalue weighted by Gasteiger charge is 2.26. The van der Waals surface area contributed by atoms with Gasteiger partial charge in [-0.2, -0.15) is 0 Å². The lowest BCUT2D eigenvalue weighted by molar-refractivity contribution is -0.152. The minimum Gasteiger partial charge on any atom is -0.366 e. The Morgan fingerprint density at radius 2 is 1.91 bits per heavy atom. The number of nitrogens with one attached hydrogen (secondary N) is 2. The first-order chi connectivity index (χ1) is 10.2. The topological polar surface area (TPSA) is 126 Å². The summed E-state index contributed by atoms with van der Waals surface area (Å²) in [6, 6.07) is -1.41. The maximum Gasteiger partial charge on any atom is 0.237 e.